The van der Waals surface area contributed by atoms with Crippen LogP contribution >= 0.6 is 11.8 Å². The summed E-state index contributed by atoms with van der Waals surface area (Å²) in [7, 11) is 41.3. The van der Waals surface area contributed by atoms with E-state index in [4.69, 9.17) is 33.2 Å². The Morgan fingerprint density at radius 1 is 0.418 bits per heavy atom. The Morgan fingerprint density at radius 2 is 0.835 bits per heavy atom. The molecule has 12 aliphatic heterocycles. The third-order valence-corrected chi connectivity index (χ3v) is 17.3. The fraction of sp³-hybridized carbons (Fsp3) is 0.831. The number of piperazine rings is 2. The number of nitrogens with one attached hydrogen (secondary N) is 11. The first-order chi connectivity index (χ1) is 37.9. The number of hydrogen-bond acceptors (Lipinski definition) is 10. The highest BCUT2D eigenvalue weighted by Crippen LogP contribution is 2.19. The first-order valence-corrected chi connectivity index (χ1v) is 31.9. The van der Waals surface area contributed by atoms with E-state index < -0.39 is 0 Å². The molecule has 11 N–H and O–H groups in total. The maximum Gasteiger partial charge on any atom is 0.105 e. The van der Waals surface area contributed by atoms with Gasteiger partial charge in [-0.1, -0.05) is 0 Å². The van der Waals surface area contributed by atoms with Crippen LogP contribution < -0.4 is 54.3 Å². The zero-order valence-electron chi connectivity index (χ0n) is 51.4. The van der Waals surface area contributed by atoms with Gasteiger partial charge in [0.1, 0.15) is 24.4 Å². The maximum absolute atomic E-state index is 5.61. The van der Waals surface area contributed by atoms with E-state index in [2.05, 4.69) is 115 Å². The smallest absolute Gasteiger partial charge is 0.105 e. The molecule has 12 saturated heterocycles. The number of morpholine rings is 7. The molecule has 0 radical (unpaired) electrons. The van der Waals surface area contributed by atoms with E-state index in [1.807, 2.05) is 11.8 Å². The van der Waals surface area contributed by atoms with Crippen molar-refractivity contribution in [1.29, 1.82) is 0 Å². The topological polar surface area (TPSA) is 124 Å². The highest BCUT2D eigenvalue weighted by Gasteiger charge is 2.35. The van der Waals surface area contributed by atoms with Crippen LogP contribution in [0.1, 0.15) is 53.4 Å². The lowest BCUT2D eigenvalue weighted by atomic mass is 10.2. The minimum atomic E-state index is 0.413. The minimum Gasteiger partial charge on any atom is -0.466 e. The third-order valence-electron chi connectivity index (χ3n) is 16.3. The number of quaternary nitrogens is 10. The number of likely N-dealkylation sites (N-methyl/N-ethyl adjacent to an activating group) is 1. The Balaban J connectivity index is 0.000000231. The molecule has 4 bridgehead atoms. The lowest BCUT2D eigenvalue weighted by molar-refractivity contribution is -0.901. The molecule has 0 saturated carbocycles. The van der Waals surface area contributed by atoms with Gasteiger partial charge in [0.05, 0.1) is 195 Å². The van der Waals surface area contributed by atoms with Crippen molar-refractivity contribution in [1.82, 2.24) is 10.2 Å². The van der Waals surface area contributed by atoms with Gasteiger partial charge in [-0.3, -0.25) is 4.90 Å². The van der Waals surface area contributed by atoms with Gasteiger partial charge in [-0.25, -0.2) is 0 Å². The first kappa shape index (κ1) is 72.8. The van der Waals surface area contributed by atoms with Crippen LogP contribution in [0.3, 0.4) is 0 Å². The summed E-state index contributed by atoms with van der Waals surface area (Å²) in [5, 5.41) is 3.25. The third kappa shape index (κ3) is 35.6. The van der Waals surface area contributed by atoms with E-state index in [1.54, 1.807) is 0 Å². The highest BCUT2D eigenvalue weighted by molar-refractivity contribution is 7.99. The molecule has 12 rings (SSSR count). The average molecular weight is 1150 g/mol. The van der Waals surface area contributed by atoms with Crippen LogP contribution in [0.5, 0.6) is 0 Å². The molecular weight excluding hydrogens is 1020 g/mol. The number of thioether (sulfide) groups is 1. The van der Waals surface area contributed by atoms with Gasteiger partial charge in [0.2, 0.25) is 0 Å². The van der Waals surface area contributed by atoms with Gasteiger partial charge in [-0.15, -0.1) is 0 Å². The normalized spacial score (nSPS) is 36.8. The van der Waals surface area contributed by atoms with Crippen molar-refractivity contribution < 1.29 is 82.2 Å². The fourth-order valence-electron chi connectivity index (χ4n) is 10.3. The van der Waals surface area contributed by atoms with E-state index in [0.29, 0.717) is 48.6 Å². The monoisotopic (exact) mass is 1150 g/mol. The molecule has 12 aliphatic rings. The molecular formula is C59H126N12O7S. The fourth-order valence-corrected chi connectivity index (χ4v) is 11.4. The van der Waals surface area contributed by atoms with Crippen LogP contribution in [0.15, 0.2) is 0 Å². The summed E-state index contributed by atoms with van der Waals surface area (Å²) in [6.07, 6.45) is 7.08. The minimum absolute atomic E-state index is 0.413. The van der Waals surface area contributed by atoms with Gasteiger partial charge in [0.25, 0.3) is 0 Å². The van der Waals surface area contributed by atoms with Crippen LogP contribution in [0.2, 0.25) is 0 Å². The Hall–Kier alpha value is -0.410. The Labute approximate surface area is 490 Å². The van der Waals surface area contributed by atoms with Crippen molar-refractivity contribution in [2.45, 2.75) is 102 Å². The van der Waals surface area contributed by atoms with Gasteiger partial charge in [-0.2, -0.15) is 82.2 Å². The van der Waals surface area contributed by atoms with Crippen molar-refractivity contribution in [3.05, 3.63) is 70.5 Å². The zero-order chi connectivity index (χ0) is 57.8. The van der Waals surface area contributed by atoms with Gasteiger partial charge < -0.3 is 87.5 Å². The number of rotatable bonds is 0. The van der Waals surface area contributed by atoms with Crippen LogP contribution in [0.4, 0.5) is 0 Å². The van der Waals surface area contributed by atoms with Crippen LogP contribution in [-0.2, 0) is 33.2 Å². The summed E-state index contributed by atoms with van der Waals surface area (Å²) < 4.78 is 37.0. The lowest BCUT2D eigenvalue weighted by Gasteiger charge is -2.33. The summed E-state index contributed by atoms with van der Waals surface area (Å²) >= 11 is 2.04. The predicted octanol–water partition coefficient (Wildman–Crippen LogP) is -10.2. The van der Waals surface area contributed by atoms with Crippen molar-refractivity contribution in [2.24, 2.45) is 0 Å². The summed E-state index contributed by atoms with van der Waals surface area (Å²) in [5.41, 5.74) is 0. The van der Waals surface area contributed by atoms with E-state index >= 15 is 0 Å². The second kappa shape index (κ2) is 44.1. The Morgan fingerprint density at radius 3 is 1.14 bits per heavy atom. The second-order valence-corrected chi connectivity index (χ2v) is 25.2. The van der Waals surface area contributed by atoms with Crippen molar-refractivity contribution in [3.8, 4) is 0 Å². The molecule has 79 heavy (non-hydrogen) atoms. The van der Waals surface area contributed by atoms with Crippen LogP contribution in [-0.4, -0.2) is 269 Å². The molecule has 20 heteroatoms. The number of nitrogens with zero attached hydrogens (tertiary/aromatic N) is 1. The number of hydrogen-bond donors (Lipinski definition) is 11. The van der Waals surface area contributed by atoms with Gasteiger partial charge >= 0.3 is 0 Å². The van der Waals surface area contributed by atoms with Crippen molar-refractivity contribution >= 4 is 11.8 Å². The molecule has 0 spiro atoms. The quantitative estimate of drug-likeness (QED) is 0.107. The summed E-state index contributed by atoms with van der Waals surface area (Å²) in [4.78, 5) is 16.2. The largest absolute Gasteiger partial charge is 0.466 e. The summed E-state index contributed by atoms with van der Waals surface area (Å²) in [5.74, 6) is 2.61. The second-order valence-electron chi connectivity index (χ2n) is 24.0. The molecule has 8 unspecified atom stereocenters. The Bertz CT molecular complexity index is 1270. The van der Waals surface area contributed by atoms with E-state index in [0.717, 1.165) is 145 Å². The van der Waals surface area contributed by atoms with E-state index in [9.17, 15) is 0 Å². The van der Waals surface area contributed by atoms with Gasteiger partial charge in [0.15, 0.2) is 0 Å². The predicted molar refractivity (Wildman–Crippen MR) is 316 cm³/mol. The molecule has 0 aromatic carbocycles. The Kier molecular flexibility index (Phi) is 40.7. The molecule has 0 aromatic rings. The lowest BCUT2D eigenvalue weighted by Crippen LogP contribution is -3.14. The average Bonchev–Trinajstić information content (AvgIpc) is 3.85. The molecule has 470 valence electrons. The molecule has 0 aromatic heterocycles. The molecule has 12 atom stereocenters. The number of likely N-dealkylation sites (tertiary alicyclic amines) is 1. The van der Waals surface area contributed by atoms with E-state index in [1.165, 1.54) is 139 Å². The van der Waals surface area contributed by atoms with Gasteiger partial charge in [-0.05, 0) is 47.6 Å². The first-order valence-electron chi connectivity index (χ1n) is 30.7. The van der Waals surface area contributed by atoms with Crippen LogP contribution in [0, 0.1) is 70.5 Å². The maximum atomic E-state index is 5.61. The standard InChI is InChI=1S/2C7H13NO.C6H14N2.4C6H13NO.C5H12N2.C5H11NO.C5H11NS/c1-8-6-2-3-7(8)5-9-4-6;1-8-4-6-2-3-7(5-8)9-6;1-7-3-5-8(2)6-4-7;2*1-6-5-8-4-3-7(6)2;2*1-6-5-7(2)3-4-8-6;1-7-4-2-6-3-5-7;2*1-6-2-4-7-5-3-6/h2*6-8H,1-5H2;7H,1,3-6H2,2H3;4*6-7H,2-5H2,1H3;6-7H,1-5H2;2*6H,1-5H2/t;;;4*6-;;;/m...1010.../s1. The molecule has 12 heterocycles. The molecule has 19 nitrogen and oxygen atoms in total. The summed E-state index contributed by atoms with van der Waals surface area (Å²) in [6.45, 7) is 40.1. The van der Waals surface area contributed by atoms with E-state index in [-0.39, 0.29) is 0 Å². The molecule has 12 fully saturated rings. The van der Waals surface area contributed by atoms with Crippen LogP contribution in [0.25, 0.3) is 0 Å². The van der Waals surface area contributed by atoms with Crippen molar-refractivity contribution in [3.63, 3.8) is 0 Å². The summed E-state index contributed by atoms with van der Waals surface area (Å²) in [6, 6.07) is 2.60. The molecule has 0 aliphatic carbocycles. The number of ether oxygens (including phenoxy) is 7. The SMILES string of the molecule is [CH2-][NH+]1C2CCC1COC2.[CH2-][NH+]1CC2CCC(C1)O2.[CH2-][NH+]1CCN(C)CC1.[CH2-][NH+]1CCNCC1.[CH2-][NH+]1CCOCC1.[CH2-][NH+]1CCOC[C@@H]1C.[CH2-][NH+]1CCOC[C@H]1C.[CH2-][NH+]1CCO[C@@H](C)C1.[CH2-][NH+]1CCO[C@H](C)C1.[CH2-][NH+]1CCSCC1. The number of fused-ring (bicyclic) bond motifs is 4. The van der Waals surface area contributed by atoms with Gasteiger partial charge in [0, 0.05) is 50.5 Å². The van der Waals surface area contributed by atoms with Crippen molar-refractivity contribution in [2.75, 3.05) is 216 Å². The molecule has 0 amide bonds. The zero-order valence-corrected chi connectivity index (χ0v) is 52.2. The highest BCUT2D eigenvalue weighted by atomic mass is 32.2.